The van der Waals surface area contributed by atoms with Crippen LogP contribution in [-0.2, 0) is 4.74 Å². The summed E-state index contributed by atoms with van der Waals surface area (Å²) in [7, 11) is 0. The molecule has 1 fully saturated rings. The van der Waals surface area contributed by atoms with Crippen molar-refractivity contribution in [3.8, 4) is 5.75 Å². The van der Waals surface area contributed by atoms with E-state index >= 15 is 0 Å². The van der Waals surface area contributed by atoms with Gasteiger partial charge in [-0.05, 0) is 45.2 Å². The highest BCUT2D eigenvalue weighted by atomic mass is 16.5. The maximum absolute atomic E-state index is 5.84. The standard InChI is InChI=1S/C18H29NO2/c1-4-5-18-12-16(10-11-20-18)19-15(3)13-21-17-8-6-14(2)7-9-17/h6-9,15-16,18-19H,4-5,10-13H2,1-3H3. The Morgan fingerprint density at radius 3 is 2.81 bits per heavy atom. The molecule has 1 aliphatic heterocycles. The van der Waals surface area contributed by atoms with Crippen LogP contribution in [0.3, 0.4) is 0 Å². The van der Waals surface area contributed by atoms with Crippen molar-refractivity contribution < 1.29 is 9.47 Å². The van der Waals surface area contributed by atoms with E-state index in [1.807, 2.05) is 12.1 Å². The molecule has 0 bridgehead atoms. The van der Waals surface area contributed by atoms with Gasteiger partial charge in [-0.2, -0.15) is 0 Å². The predicted octanol–water partition coefficient (Wildman–Crippen LogP) is 3.70. The van der Waals surface area contributed by atoms with Crippen molar-refractivity contribution in [1.29, 1.82) is 0 Å². The van der Waals surface area contributed by atoms with Crippen molar-refractivity contribution >= 4 is 0 Å². The number of hydrogen-bond acceptors (Lipinski definition) is 3. The van der Waals surface area contributed by atoms with Gasteiger partial charge < -0.3 is 14.8 Å². The van der Waals surface area contributed by atoms with Crippen LogP contribution in [0.5, 0.6) is 5.75 Å². The molecule has 1 heterocycles. The summed E-state index contributed by atoms with van der Waals surface area (Å²) in [5.41, 5.74) is 1.26. The quantitative estimate of drug-likeness (QED) is 0.831. The van der Waals surface area contributed by atoms with Gasteiger partial charge in [-0.15, -0.1) is 0 Å². The zero-order valence-electron chi connectivity index (χ0n) is 13.6. The van der Waals surface area contributed by atoms with Crippen LogP contribution in [0.1, 0.15) is 45.1 Å². The maximum Gasteiger partial charge on any atom is 0.119 e. The van der Waals surface area contributed by atoms with Crippen molar-refractivity contribution in [2.45, 2.75) is 64.6 Å². The molecule has 1 aromatic carbocycles. The smallest absolute Gasteiger partial charge is 0.119 e. The van der Waals surface area contributed by atoms with E-state index in [0.29, 0.717) is 24.8 Å². The SMILES string of the molecule is CCCC1CC(NC(C)COc2ccc(C)cc2)CCO1. The summed E-state index contributed by atoms with van der Waals surface area (Å²) in [5.74, 6) is 0.949. The number of benzene rings is 1. The van der Waals surface area contributed by atoms with Gasteiger partial charge in [0.2, 0.25) is 0 Å². The maximum atomic E-state index is 5.84. The lowest BCUT2D eigenvalue weighted by atomic mass is 9.99. The van der Waals surface area contributed by atoms with Crippen LogP contribution in [0.4, 0.5) is 0 Å². The van der Waals surface area contributed by atoms with E-state index in [0.717, 1.165) is 25.2 Å². The van der Waals surface area contributed by atoms with Crippen LogP contribution in [0.25, 0.3) is 0 Å². The van der Waals surface area contributed by atoms with Crippen LogP contribution < -0.4 is 10.1 Å². The Kier molecular flexibility index (Phi) is 6.52. The normalized spacial score (nSPS) is 23.8. The van der Waals surface area contributed by atoms with E-state index in [1.54, 1.807) is 0 Å². The van der Waals surface area contributed by atoms with Crippen molar-refractivity contribution in [3.05, 3.63) is 29.8 Å². The summed E-state index contributed by atoms with van der Waals surface area (Å²) in [6.45, 7) is 8.09. The molecule has 3 atom stereocenters. The zero-order chi connectivity index (χ0) is 15.1. The zero-order valence-corrected chi connectivity index (χ0v) is 13.6. The lowest BCUT2D eigenvalue weighted by Gasteiger charge is -2.32. The van der Waals surface area contributed by atoms with Crippen LogP contribution in [-0.4, -0.2) is 31.4 Å². The van der Waals surface area contributed by atoms with Gasteiger partial charge in [0, 0.05) is 18.7 Å². The van der Waals surface area contributed by atoms with Gasteiger partial charge >= 0.3 is 0 Å². The molecule has 0 radical (unpaired) electrons. The summed E-state index contributed by atoms with van der Waals surface area (Å²) >= 11 is 0. The van der Waals surface area contributed by atoms with Gasteiger partial charge in [0.1, 0.15) is 12.4 Å². The first-order valence-corrected chi connectivity index (χ1v) is 8.24. The molecule has 21 heavy (non-hydrogen) atoms. The monoisotopic (exact) mass is 291 g/mol. The van der Waals surface area contributed by atoms with E-state index in [1.165, 1.54) is 18.4 Å². The molecular weight excluding hydrogens is 262 g/mol. The van der Waals surface area contributed by atoms with Crippen LogP contribution in [0, 0.1) is 6.92 Å². The topological polar surface area (TPSA) is 30.5 Å². The molecule has 0 aliphatic carbocycles. The summed E-state index contributed by atoms with van der Waals surface area (Å²) in [6, 6.07) is 9.16. The minimum Gasteiger partial charge on any atom is -0.492 e. The Labute approximate surface area is 129 Å². The van der Waals surface area contributed by atoms with E-state index in [2.05, 4.69) is 38.2 Å². The molecule has 0 amide bonds. The first-order valence-electron chi connectivity index (χ1n) is 8.24. The summed E-state index contributed by atoms with van der Waals surface area (Å²) in [6.07, 6.45) is 5.04. The molecule has 3 unspecified atom stereocenters. The third kappa shape index (κ3) is 5.68. The second-order valence-corrected chi connectivity index (χ2v) is 6.19. The van der Waals surface area contributed by atoms with Gasteiger partial charge in [-0.3, -0.25) is 0 Å². The highest BCUT2D eigenvalue weighted by Gasteiger charge is 2.22. The predicted molar refractivity (Wildman–Crippen MR) is 86.9 cm³/mol. The fraction of sp³-hybridized carbons (Fsp3) is 0.667. The molecule has 0 aromatic heterocycles. The minimum atomic E-state index is 0.358. The Morgan fingerprint density at radius 2 is 2.10 bits per heavy atom. The highest BCUT2D eigenvalue weighted by molar-refractivity contribution is 5.26. The van der Waals surface area contributed by atoms with Gasteiger partial charge in [-0.25, -0.2) is 0 Å². The van der Waals surface area contributed by atoms with Crippen LogP contribution >= 0.6 is 0 Å². The summed E-state index contributed by atoms with van der Waals surface area (Å²) in [5, 5.41) is 3.68. The third-order valence-electron chi connectivity index (χ3n) is 4.02. The van der Waals surface area contributed by atoms with Crippen LogP contribution in [0.2, 0.25) is 0 Å². The first-order chi connectivity index (χ1) is 10.2. The molecule has 1 saturated heterocycles. The van der Waals surface area contributed by atoms with Crippen molar-refractivity contribution in [1.82, 2.24) is 5.32 Å². The van der Waals surface area contributed by atoms with Gasteiger partial charge in [-0.1, -0.05) is 31.0 Å². The van der Waals surface area contributed by atoms with Crippen molar-refractivity contribution in [3.63, 3.8) is 0 Å². The number of aryl methyl sites for hydroxylation is 1. The molecular formula is C18H29NO2. The molecule has 0 spiro atoms. The average Bonchev–Trinajstić information content (AvgIpc) is 2.47. The molecule has 3 heteroatoms. The van der Waals surface area contributed by atoms with Crippen molar-refractivity contribution in [2.75, 3.05) is 13.2 Å². The number of hydrogen-bond donors (Lipinski definition) is 1. The Bertz CT molecular complexity index is 402. The summed E-state index contributed by atoms with van der Waals surface area (Å²) < 4.78 is 11.6. The number of rotatable bonds is 7. The van der Waals surface area contributed by atoms with E-state index < -0.39 is 0 Å². The first kappa shape index (κ1) is 16.3. The molecule has 2 rings (SSSR count). The highest BCUT2D eigenvalue weighted by Crippen LogP contribution is 2.18. The van der Waals surface area contributed by atoms with Gasteiger partial charge in [0.05, 0.1) is 6.10 Å². The lowest BCUT2D eigenvalue weighted by molar-refractivity contribution is -0.00554. The van der Waals surface area contributed by atoms with Gasteiger partial charge in [0.25, 0.3) is 0 Å². The Morgan fingerprint density at radius 1 is 1.33 bits per heavy atom. The molecule has 3 nitrogen and oxygen atoms in total. The van der Waals surface area contributed by atoms with E-state index in [4.69, 9.17) is 9.47 Å². The molecule has 1 aliphatic rings. The second-order valence-electron chi connectivity index (χ2n) is 6.19. The summed E-state index contributed by atoms with van der Waals surface area (Å²) in [4.78, 5) is 0. The molecule has 1 aromatic rings. The molecule has 1 N–H and O–H groups in total. The fourth-order valence-corrected chi connectivity index (χ4v) is 2.86. The Balaban J connectivity index is 1.71. The van der Waals surface area contributed by atoms with E-state index in [-0.39, 0.29) is 0 Å². The lowest BCUT2D eigenvalue weighted by Crippen LogP contribution is -2.45. The molecule has 118 valence electrons. The Hall–Kier alpha value is -1.06. The average molecular weight is 291 g/mol. The minimum absolute atomic E-state index is 0.358. The second kappa shape index (κ2) is 8.40. The number of nitrogens with one attached hydrogen (secondary N) is 1. The van der Waals surface area contributed by atoms with Crippen molar-refractivity contribution in [2.24, 2.45) is 0 Å². The number of ether oxygens (including phenoxy) is 2. The molecule has 0 saturated carbocycles. The third-order valence-corrected chi connectivity index (χ3v) is 4.02. The van der Waals surface area contributed by atoms with Crippen LogP contribution in [0.15, 0.2) is 24.3 Å². The van der Waals surface area contributed by atoms with E-state index in [9.17, 15) is 0 Å². The largest absolute Gasteiger partial charge is 0.492 e. The fourth-order valence-electron chi connectivity index (χ4n) is 2.86. The van der Waals surface area contributed by atoms with Gasteiger partial charge in [0.15, 0.2) is 0 Å².